The molecule has 0 spiro atoms. The van der Waals surface area contributed by atoms with Crippen molar-refractivity contribution in [3.8, 4) is 5.75 Å². The molecule has 6 nitrogen and oxygen atoms in total. The first-order chi connectivity index (χ1) is 15.1. The summed E-state index contributed by atoms with van der Waals surface area (Å²) in [5, 5.41) is 5.24. The van der Waals surface area contributed by atoms with Crippen LogP contribution in [0.4, 0.5) is 13.2 Å². The zero-order chi connectivity index (χ0) is 23.1. The Morgan fingerprint density at radius 3 is 2.38 bits per heavy atom. The lowest BCUT2D eigenvalue weighted by Crippen LogP contribution is -2.54. The Balaban J connectivity index is 1.28. The van der Waals surface area contributed by atoms with Crippen molar-refractivity contribution in [1.82, 2.24) is 15.5 Å². The van der Waals surface area contributed by atoms with Gasteiger partial charge in [0.15, 0.2) is 0 Å². The van der Waals surface area contributed by atoms with Crippen molar-refractivity contribution in [3.05, 3.63) is 29.3 Å². The van der Waals surface area contributed by atoms with Crippen LogP contribution in [0.25, 0.3) is 0 Å². The SMILES string of the molecule is COc1cc(C)cc(C(=O)NCC2CC3CCC(C2)N3CC(=O)NC2(C(F)(F)F)CC2)c1. The molecule has 1 aromatic carbocycles. The van der Waals surface area contributed by atoms with Crippen LogP contribution in [0, 0.1) is 12.8 Å². The summed E-state index contributed by atoms with van der Waals surface area (Å²) >= 11 is 0. The number of piperidine rings is 1. The monoisotopic (exact) mass is 453 g/mol. The van der Waals surface area contributed by atoms with Gasteiger partial charge in [0.1, 0.15) is 11.3 Å². The molecule has 176 valence electrons. The quantitative estimate of drug-likeness (QED) is 0.665. The summed E-state index contributed by atoms with van der Waals surface area (Å²) < 4.78 is 44.6. The van der Waals surface area contributed by atoms with E-state index in [1.54, 1.807) is 13.2 Å². The summed E-state index contributed by atoms with van der Waals surface area (Å²) in [6.45, 7) is 2.46. The lowest BCUT2D eigenvalue weighted by atomic mass is 9.90. The Labute approximate surface area is 185 Å². The number of methoxy groups -OCH3 is 1. The molecule has 2 heterocycles. The number of aryl methyl sites for hydroxylation is 1. The number of alkyl halides is 3. The van der Waals surface area contributed by atoms with Crippen LogP contribution >= 0.6 is 0 Å². The van der Waals surface area contributed by atoms with E-state index in [0.29, 0.717) is 17.9 Å². The maximum Gasteiger partial charge on any atom is 0.411 e. The number of hydrogen-bond donors (Lipinski definition) is 2. The second-order valence-electron chi connectivity index (χ2n) is 9.47. The van der Waals surface area contributed by atoms with Gasteiger partial charge in [0.2, 0.25) is 5.91 Å². The van der Waals surface area contributed by atoms with E-state index in [9.17, 15) is 22.8 Å². The van der Waals surface area contributed by atoms with Crippen LogP contribution in [-0.2, 0) is 4.79 Å². The molecule has 3 aliphatic rings. The van der Waals surface area contributed by atoms with Gasteiger partial charge in [-0.2, -0.15) is 13.2 Å². The van der Waals surface area contributed by atoms with Crippen LogP contribution in [0.3, 0.4) is 0 Å². The lowest BCUT2D eigenvalue weighted by molar-refractivity contribution is -0.170. The number of ether oxygens (including phenoxy) is 1. The van der Waals surface area contributed by atoms with Gasteiger partial charge in [-0.05, 0) is 75.1 Å². The third kappa shape index (κ3) is 4.72. The minimum Gasteiger partial charge on any atom is -0.497 e. The van der Waals surface area contributed by atoms with Crippen LogP contribution in [0.1, 0.15) is 54.4 Å². The van der Waals surface area contributed by atoms with Crippen LogP contribution in [0.5, 0.6) is 5.75 Å². The van der Waals surface area contributed by atoms with Crippen LogP contribution in [0.2, 0.25) is 0 Å². The first-order valence-corrected chi connectivity index (χ1v) is 11.2. The maximum absolute atomic E-state index is 13.1. The number of nitrogens with one attached hydrogen (secondary N) is 2. The third-order valence-corrected chi connectivity index (χ3v) is 7.08. The van der Waals surface area contributed by atoms with E-state index in [0.717, 1.165) is 31.2 Å². The minimum atomic E-state index is -4.39. The third-order valence-electron chi connectivity index (χ3n) is 7.08. The second-order valence-corrected chi connectivity index (χ2v) is 9.47. The van der Waals surface area contributed by atoms with Gasteiger partial charge < -0.3 is 15.4 Å². The minimum absolute atomic E-state index is 0.00926. The standard InChI is InChI=1S/C23H30F3N3O3/c1-14-7-16(11-19(8-14)32-2)21(31)27-12-15-9-17-3-4-18(10-15)29(17)13-20(30)28-22(5-6-22)23(24,25)26/h7-8,11,15,17-18H,3-6,9-10,12-13H2,1-2H3,(H,27,31)(H,28,30). The van der Waals surface area contributed by atoms with Gasteiger partial charge in [0.25, 0.3) is 5.91 Å². The predicted molar refractivity (Wildman–Crippen MR) is 112 cm³/mol. The Morgan fingerprint density at radius 2 is 1.81 bits per heavy atom. The van der Waals surface area contributed by atoms with Gasteiger partial charge >= 0.3 is 6.18 Å². The summed E-state index contributed by atoms with van der Waals surface area (Å²) in [5.74, 6) is 0.227. The molecular weight excluding hydrogens is 423 g/mol. The summed E-state index contributed by atoms with van der Waals surface area (Å²) in [4.78, 5) is 27.0. The summed E-state index contributed by atoms with van der Waals surface area (Å²) in [5.41, 5.74) is -0.514. The molecule has 2 amide bonds. The molecular formula is C23H30F3N3O3. The molecule has 2 atom stereocenters. The molecule has 1 saturated carbocycles. The lowest BCUT2D eigenvalue weighted by Gasteiger charge is -2.39. The molecule has 1 aliphatic carbocycles. The van der Waals surface area contributed by atoms with E-state index < -0.39 is 17.6 Å². The molecule has 2 aliphatic heterocycles. The molecule has 0 radical (unpaired) electrons. The molecule has 2 N–H and O–H groups in total. The Kier molecular flexibility index (Phi) is 6.13. The predicted octanol–water partition coefficient (Wildman–Crippen LogP) is 3.19. The smallest absolute Gasteiger partial charge is 0.411 e. The zero-order valence-electron chi connectivity index (χ0n) is 18.4. The van der Waals surface area contributed by atoms with Crippen molar-refractivity contribution in [1.29, 1.82) is 0 Å². The Morgan fingerprint density at radius 1 is 1.16 bits per heavy atom. The fraction of sp³-hybridized carbons (Fsp3) is 0.652. The number of amides is 2. The molecule has 2 saturated heterocycles. The summed E-state index contributed by atoms with van der Waals surface area (Å²) in [7, 11) is 1.56. The highest BCUT2D eigenvalue weighted by atomic mass is 19.4. The second kappa shape index (κ2) is 8.57. The fourth-order valence-corrected chi connectivity index (χ4v) is 5.22. The molecule has 4 rings (SSSR count). The van der Waals surface area contributed by atoms with E-state index in [2.05, 4.69) is 15.5 Å². The summed E-state index contributed by atoms with van der Waals surface area (Å²) in [6, 6.07) is 5.72. The number of carbonyl (C=O) groups is 2. The molecule has 2 unspecified atom stereocenters. The molecule has 32 heavy (non-hydrogen) atoms. The number of fused-ring (bicyclic) bond motifs is 2. The molecule has 9 heteroatoms. The first kappa shape index (κ1) is 22.9. The molecule has 3 fully saturated rings. The van der Waals surface area contributed by atoms with Crippen molar-refractivity contribution in [2.45, 2.75) is 69.2 Å². The van der Waals surface area contributed by atoms with Crippen LogP contribution in [-0.4, -0.2) is 60.7 Å². The maximum atomic E-state index is 13.1. The average Bonchev–Trinajstić information content (AvgIpc) is 3.48. The van der Waals surface area contributed by atoms with E-state index in [1.165, 1.54) is 0 Å². The Bertz CT molecular complexity index is 871. The van der Waals surface area contributed by atoms with Gasteiger partial charge in [-0.1, -0.05) is 0 Å². The highest BCUT2D eigenvalue weighted by molar-refractivity contribution is 5.94. The first-order valence-electron chi connectivity index (χ1n) is 11.2. The van der Waals surface area contributed by atoms with Crippen LogP contribution in [0.15, 0.2) is 18.2 Å². The summed E-state index contributed by atoms with van der Waals surface area (Å²) in [6.07, 6.45) is -0.956. The number of hydrogen-bond acceptors (Lipinski definition) is 4. The normalized spacial score (nSPS) is 26.5. The number of rotatable bonds is 7. The molecule has 1 aromatic rings. The number of carbonyl (C=O) groups excluding carboxylic acids is 2. The zero-order valence-corrected chi connectivity index (χ0v) is 18.4. The number of nitrogens with zero attached hydrogens (tertiary/aromatic N) is 1. The van der Waals surface area contributed by atoms with E-state index >= 15 is 0 Å². The topological polar surface area (TPSA) is 70.7 Å². The van der Waals surface area contributed by atoms with E-state index in [4.69, 9.17) is 4.74 Å². The van der Waals surface area contributed by atoms with Crippen molar-refractivity contribution in [3.63, 3.8) is 0 Å². The fourth-order valence-electron chi connectivity index (χ4n) is 5.22. The van der Waals surface area contributed by atoms with Gasteiger partial charge in [0, 0.05) is 24.2 Å². The van der Waals surface area contributed by atoms with Crippen molar-refractivity contribution >= 4 is 11.8 Å². The van der Waals surface area contributed by atoms with Gasteiger partial charge in [0.05, 0.1) is 13.7 Å². The van der Waals surface area contributed by atoms with Crippen molar-refractivity contribution < 1.29 is 27.5 Å². The van der Waals surface area contributed by atoms with E-state index in [-0.39, 0.29) is 43.3 Å². The van der Waals surface area contributed by atoms with Gasteiger partial charge in [-0.25, -0.2) is 0 Å². The van der Waals surface area contributed by atoms with Crippen molar-refractivity contribution in [2.75, 3.05) is 20.2 Å². The van der Waals surface area contributed by atoms with Crippen LogP contribution < -0.4 is 15.4 Å². The average molecular weight is 454 g/mol. The molecule has 0 aromatic heterocycles. The Hall–Kier alpha value is -2.29. The van der Waals surface area contributed by atoms with Gasteiger partial charge in [-0.3, -0.25) is 14.5 Å². The molecule has 2 bridgehead atoms. The highest BCUT2D eigenvalue weighted by Crippen LogP contribution is 2.49. The number of benzene rings is 1. The van der Waals surface area contributed by atoms with Gasteiger partial charge in [-0.15, -0.1) is 0 Å². The van der Waals surface area contributed by atoms with E-state index in [1.807, 2.05) is 19.1 Å². The largest absolute Gasteiger partial charge is 0.497 e. The number of halogens is 3. The van der Waals surface area contributed by atoms with Crippen molar-refractivity contribution in [2.24, 2.45) is 5.92 Å². The highest BCUT2D eigenvalue weighted by Gasteiger charge is 2.64.